The Hall–Kier alpha value is -0.980. The predicted molar refractivity (Wildman–Crippen MR) is 76.5 cm³/mol. The van der Waals surface area contributed by atoms with Crippen molar-refractivity contribution >= 4 is 10.0 Å². The third-order valence-electron chi connectivity index (χ3n) is 4.01. The van der Waals surface area contributed by atoms with Crippen molar-refractivity contribution in [3.05, 3.63) is 30.1 Å². The minimum atomic E-state index is -3.75. The molecule has 1 aromatic rings. The number of hydrogen-bond acceptors (Lipinski definition) is 3. The van der Waals surface area contributed by atoms with Crippen molar-refractivity contribution in [2.24, 2.45) is 0 Å². The van der Waals surface area contributed by atoms with Crippen LogP contribution in [0.2, 0.25) is 0 Å². The zero-order valence-corrected chi connectivity index (χ0v) is 12.7. The summed E-state index contributed by atoms with van der Waals surface area (Å²) >= 11 is 0. The summed E-state index contributed by atoms with van der Waals surface area (Å²) in [6, 6.07) is 5.49. The van der Waals surface area contributed by atoms with Crippen LogP contribution in [0, 0.1) is 5.82 Å². The minimum absolute atomic E-state index is 0.0533. The van der Waals surface area contributed by atoms with Crippen molar-refractivity contribution in [1.82, 2.24) is 9.21 Å². The van der Waals surface area contributed by atoms with E-state index in [4.69, 9.17) is 0 Å². The van der Waals surface area contributed by atoms with Gasteiger partial charge in [-0.05, 0) is 44.6 Å². The summed E-state index contributed by atoms with van der Waals surface area (Å²) in [7, 11) is -2.20. The average molecular weight is 300 g/mol. The quantitative estimate of drug-likeness (QED) is 0.853. The Morgan fingerprint density at radius 2 is 1.90 bits per heavy atom. The van der Waals surface area contributed by atoms with E-state index in [-0.39, 0.29) is 10.9 Å². The van der Waals surface area contributed by atoms with Crippen LogP contribution in [0.15, 0.2) is 29.2 Å². The molecule has 1 aliphatic heterocycles. The van der Waals surface area contributed by atoms with Gasteiger partial charge in [0.05, 0.1) is 0 Å². The number of benzene rings is 1. The van der Waals surface area contributed by atoms with Crippen molar-refractivity contribution in [3.63, 3.8) is 0 Å². The van der Waals surface area contributed by atoms with Crippen LogP contribution in [0.3, 0.4) is 0 Å². The highest BCUT2D eigenvalue weighted by molar-refractivity contribution is 7.89. The summed E-state index contributed by atoms with van der Waals surface area (Å²) in [6.45, 7) is 4.85. The van der Waals surface area contributed by atoms with Gasteiger partial charge in [0.2, 0.25) is 10.0 Å². The zero-order chi connectivity index (χ0) is 14.8. The molecule has 1 saturated heterocycles. The molecule has 1 aromatic carbocycles. The van der Waals surface area contributed by atoms with Crippen LogP contribution in [0.25, 0.3) is 0 Å². The van der Waals surface area contributed by atoms with Crippen LogP contribution in [0.5, 0.6) is 0 Å². The summed E-state index contributed by atoms with van der Waals surface area (Å²) in [5.74, 6) is -0.689. The fourth-order valence-corrected chi connectivity index (χ4v) is 4.08. The van der Waals surface area contributed by atoms with Gasteiger partial charge in [-0.25, -0.2) is 12.8 Å². The van der Waals surface area contributed by atoms with Crippen molar-refractivity contribution in [2.75, 3.05) is 26.7 Å². The lowest BCUT2D eigenvalue weighted by atomic mass is 10.1. The molecule has 1 heterocycles. The number of likely N-dealkylation sites (tertiary alicyclic amines) is 1. The van der Waals surface area contributed by atoms with E-state index >= 15 is 0 Å². The van der Waals surface area contributed by atoms with E-state index in [1.807, 2.05) is 0 Å². The van der Waals surface area contributed by atoms with Crippen molar-refractivity contribution < 1.29 is 12.8 Å². The summed E-state index contributed by atoms with van der Waals surface area (Å²) in [6.07, 6.45) is 1.58. The number of rotatable bonds is 4. The Labute approximate surface area is 120 Å². The Balaban J connectivity index is 2.16. The van der Waals surface area contributed by atoms with E-state index in [2.05, 4.69) is 11.8 Å². The fraction of sp³-hybridized carbons (Fsp3) is 0.571. The normalized spacial score (nSPS) is 18.6. The van der Waals surface area contributed by atoms with Crippen LogP contribution in [-0.2, 0) is 10.0 Å². The topological polar surface area (TPSA) is 40.6 Å². The molecule has 0 radical (unpaired) electrons. The van der Waals surface area contributed by atoms with Gasteiger partial charge in [0.25, 0.3) is 0 Å². The van der Waals surface area contributed by atoms with E-state index in [9.17, 15) is 12.8 Å². The molecule has 0 N–H and O–H groups in total. The number of hydrogen-bond donors (Lipinski definition) is 0. The lowest BCUT2D eigenvalue weighted by Gasteiger charge is -2.35. The van der Waals surface area contributed by atoms with E-state index in [1.165, 1.54) is 22.5 Å². The van der Waals surface area contributed by atoms with Crippen LogP contribution in [-0.4, -0.2) is 50.3 Å². The summed E-state index contributed by atoms with van der Waals surface area (Å²) in [5.41, 5.74) is 0. The molecule has 4 nitrogen and oxygen atoms in total. The van der Waals surface area contributed by atoms with Crippen LogP contribution >= 0.6 is 0 Å². The lowest BCUT2D eigenvalue weighted by Crippen LogP contribution is -2.45. The van der Waals surface area contributed by atoms with Gasteiger partial charge in [-0.15, -0.1) is 0 Å². The first-order valence-corrected chi connectivity index (χ1v) is 8.35. The lowest BCUT2D eigenvalue weighted by molar-refractivity contribution is 0.176. The minimum Gasteiger partial charge on any atom is -0.303 e. The fourth-order valence-electron chi connectivity index (χ4n) is 2.60. The second-order valence-corrected chi connectivity index (χ2v) is 7.08. The number of sulfonamides is 1. The van der Waals surface area contributed by atoms with Crippen LogP contribution in [0.4, 0.5) is 4.39 Å². The third-order valence-corrected chi connectivity index (χ3v) is 5.96. The maximum atomic E-state index is 13.7. The van der Waals surface area contributed by atoms with E-state index in [0.717, 1.165) is 32.5 Å². The summed E-state index contributed by atoms with van der Waals surface area (Å²) in [5, 5.41) is 0. The Morgan fingerprint density at radius 3 is 2.45 bits per heavy atom. The highest BCUT2D eigenvalue weighted by Gasteiger charge is 2.31. The van der Waals surface area contributed by atoms with Crippen LogP contribution < -0.4 is 0 Å². The standard InChI is InChI=1S/C14H21FN2O2S/c1-3-17-10-8-12(9-11-17)16(2)20(18,19)14-7-5-4-6-13(14)15/h4-7,12H,3,8-11H2,1-2H3. The monoisotopic (exact) mass is 300 g/mol. The van der Waals surface area contributed by atoms with Gasteiger partial charge in [-0.1, -0.05) is 19.1 Å². The molecular weight excluding hydrogens is 279 g/mol. The van der Waals surface area contributed by atoms with Crippen molar-refractivity contribution in [1.29, 1.82) is 0 Å². The van der Waals surface area contributed by atoms with Gasteiger partial charge in [0, 0.05) is 13.1 Å². The van der Waals surface area contributed by atoms with Gasteiger partial charge in [0.15, 0.2) is 0 Å². The molecule has 0 aliphatic carbocycles. The summed E-state index contributed by atoms with van der Waals surface area (Å²) in [4.78, 5) is 2.06. The molecule has 1 fully saturated rings. The van der Waals surface area contributed by atoms with Gasteiger partial charge < -0.3 is 4.90 Å². The summed E-state index contributed by atoms with van der Waals surface area (Å²) < 4.78 is 40.0. The Bertz CT molecular complexity index is 554. The maximum Gasteiger partial charge on any atom is 0.245 e. The zero-order valence-electron chi connectivity index (χ0n) is 11.9. The number of halogens is 1. The molecule has 0 unspecified atom stereocenters. The molecule has 0 saturated carbocycles. The van der Waals surface area contributed by atoms with Crippen molar-refractivity contribution in [3.8, 4) is 0 Å². The molecule has 0 amide bonds. The van der Waals surface area contributed by atoms with Gasteiger partial charge in [0.1, 0.15) is 10.7 Å². The first-order chi connectivity index (χ1) is 9.46. The molecular formula is C14H21FN2O2S. The van der Waals surface area contributed by atoms with E-state index in [0.29, 0.717) is 0 Å². The Kier molecular flexibility index (Phi) is 4.78. The molecule has 2 rings (SSSR count). The van der Waals surface area contributed by atoms with E-state index in [1.54, 1.807) is 13.1 Å². The second-order valence-electron chi connectivity index (χ2n) is 5.12. The molecule has 0 bridgehead atoms. The third kappa shape index (κ3) is 3.02. The van der Waals surface area contributed by atoms with Gasteiger partial charge in [-0.3, -0.25) is 0 Å². The number of piperidine rings is 1. The second kappa shape index (κ2) is 6.20. The molecule has 0 spiro atoms. The maximum absolute atomic E-state index is 13.7. The first-order valence-electron chi connectivity index (χ1n) is 6.91. The Morgan fingerprint density at radius 1 is 1.30 bits per heavy atom. The van der Waals surface area contributed by atoms with Gasteiger partial charge in [-0.2, -0.15) is 4.31 Å². The smallest absolute Gasteiger partial charge is 0.245 e. The molecule has 0 atom stereocenters. The van der Waals surface area contributed by atoms with Crippen LogP contribution in [0.1, 0.15) is 19.8 Å². The number of nitrogens with zero attached hydrogens (tertiary/aromatic N) is 2. The largest absolute Gasteiger partial charge is 0.303 e. The molecule has 6 heteroatoms. The molecule has 0 aromatic heterocycles. The average Bonchev–Trinajstić information content (AvgIpc) is 2.47. The van der Waals surface area contributed by atoms with Crippen molar-refractivity contribution in [2.45, 2.75) is 30.7 Å². The molecule has 112 valence electrons. The molecule has 20 heavy (non-hydrogen) atoms. The molecule has 1 aliphatic rings. The van der Waals surface area contributed by atoms with Gasteiger partial charge >= 0.3 is 0 Å². The van der Waals surface area contributed by atoms with E-state index < -0.39 is 15.8 Å². The SMILES string of the molecule is CCN1CCC(N(C)S(=O)(=O)c2ccccc2F)CC1. The predicted octanol–water partition coefficient (Wildman–Crippen LogP) is 1.93. The highest BCUT2D eigenvalue weighted by Crippen LogP contribution is 2.24. The first kappa shape index (κ1) is 15.4. The highest BCUT2D eigenvalue weighted by atomic mass is 32.2.